The number of ether oxygens (including phenoxy) is 1. The standard InChI is InChI=1S/C21H25N3O5/c1-11-17-15(10-16(12-2-3-12)22-19(17)29-23-11)20(25)24-7-4-13(5-8-24)18-14(21(26)27)6-9-28-18/h10,12-14,18H,2-9H2,1H3,(H,26,27)/t14?,18-/m0/s1. The number of hydrogen-bond donors (Lipinski definition) is 1. The predicted octanol–water partition coefficient (Wildman–Crippen LogP) is 2.75. The van der Waals surface area contributed by atoms with Crippen molar-refractivity contribution in [3.05, 3.63) is 23.0 Å². The molecule has 8 nitrogen and oxygen atoms in total. The summed E-state index contributed by atoms with van der Waals surface area (Å²) in [4.78, 5) is 31.3. The highest BCUT2D eigenvalue weighted by molar-refractivity contribution is 6.06. The Bertz CT molecular complexity index is 959. The largest absolute Gasteiger partial charge is 0.481 e. The van der Waals surface area contributed by atoms with Gasteiger partial charge in [0.2, 0.25) is 0 Å². The SMILES string of the molecule is Cc1noc2nc(C3CC3)cc(C(=O)N3CCC([C@@H]4OCCC4C(=O)O)CC3)c12. The van der Waals surface area contributed by atoms with Crippen molar-refractivity contribution in [1.82, 2.24) is 15.0 Å². The highest BCUT2D eigenvalue weighted by Crippen LogP contribution is 2.41. The number of aryl methyl sites for hydroxylation is 1. The van der Waals surface area contributed by atoms with Crippen molar-refractivity contribution >= 4 is 23.0 Å². The van der Waals surface area contributed by atoms with Crippen LogP contribution in [0.5, 0.6) is 0 Å². The molecule has 0 bridgehead atoms. The van der Waals surface area contributed by atoms with Crippen LogP contribution in [0.25, 0.3) is 11.1 Å². The lowest BCUT2D eigenvalue weighted by Crippen LogP contribution is -2.43. The van der Waals surface area contributed by atoms with Crippen molar-refractivity contribution in [2.24, 2.45) is 11.8 Å². The van der Waals surface area contributed by atoms with E-state index in [-0.39, 0.29) is 17.9 Å². The van der Waals surface area contributed by atoms with Gasteiger partial charge in [-0.15, -0.1) is 0 Å². The molecule has 1 amide bonds. The molecule has 2 saturated heterocycles. The highest BCUT2D eigenvalue weighted by atomic mass is 16.5. The number of aliphatic carboxylic acids is 1. The highest BCUT2D eigenvalue weighted by Gasteiger charge is 2.41. The maximum Gasteiger partial charge on any atom is 0.309 e. The van der Waals surface area contributed by atoms with Crippen molar-refractivity contribution in [2.75, 3.05) is 19.7 Å². The molecular weight excluding hydrogens is 374 g/mol. The summed E-state index contributed by atoms with van der Waals surface area (Å²) in [6, 6.07) is 1.92. The first-order valence-electron chi connectivity index (χ1n) is 10.4. The van der Waals surface area contributed by atoms with E-state index in [9.17, 15) is 14.7 Å². The number of piperidine rings is 1. The fourth-order valence-electron chi connectivity index (χ4n) is 4.81. The van der Waals surface area contributed by atoms with Gasteiger partial charge in [-0.25, -0.2) is 4.98 Å². The summed E-state index contributed by atoms with van der Waals surface area (Å²) in [6.45, 7) is 3.54. The molecule has 1 N–H and O–H groups in total. The molecule has 2 aromatic rings. The molecule has 154 valence electrons. The lowest BCUT2D eigenvalue weighted by atomic mass is 9.84. The molecule has 1 aliphatic carbocycles. The van der Waals surface area contributed by atoms with E-state index in [1.165, 1.54) is 0 Å². The molecule has 0 spiro atoms. The van der Waals surface area contributed by atoms with Gasteiger partial charge in [0.05, 0.1) is 28.7 Å². The van der Waals surface area contributed by atoms with Gasteiger partial charge in [0, 0.05) is 31.3 Å². The van der Waals surface area contributed by atoms with Gasteiger partial charge in [0.15, 0.2) is 0 Å². The Morgan fingerprint density at radius 1 is 1.17 bits per heavy atom. The summed E-state index contributed by atoms with van der Waals surface area (Å²) in [5.41, 5.74) is 2.65. The van der Waals surface area contributed by atoms with Crippen molar-refractivity contribution in [2.45, 2.75) is 51.0 Å². The molecular formula is C21H25N3O5. The average molecular weight is 399 g/mol. The second kappa shape index (κ2) is 7.09. The van der Waals surface area contributed by atoms with Crippen LogP contribution in [0, 0.1) is 18.8 Å². The number of nitrogens with zero attached hydrogens (tertiary/aromatic N) is 3. The van der Waals surface area contributed by atoms with Crippen LogP contribution in [0.4, 0.5) is 0 Å². The third-order valence-corrected chi connectivity index (χ3v) is 6.61. The van der Waals surface area contributed by atoms with Gasteiger partial charge in [-0.1, -0.05) is 5.16 Å². The van der Waals surface area contributed by atoms with Crippen molar-refractivity contribution in [1.29, 1.82) is 0 Å². The number of amides is 1. The number of hydrogen-bond acceptors (Lipinski definition) is 6. The van der Waals surface area contributed by atoms with Crippen LogP contribution < -0.4 is 0 Å². The topological polar surface area (TPSA) is 106 Å². The Balaban J connectivity index is 1.35. The van der Waals surface area contributed by atoms with E-state index in [2.05, 4.69) is 10.1 Å². The van der Waals surface area contributed by atoms with Gasteiger partial charge in [-0.2, -0.15) is 0 Å². The van der Waals surface area contributed by atoms with E-state index >= 15 is 0 Å². The maximum absolute atomic E-state index is 13.4. The van der Waals surface area contributed by atoms with Crippen LogP contribution in [-0.4, -0.2) is 57.8 Å². The van der Waals surface area contributed by atoms with E-state index in [4.69, 9.17) is 9.26 Å². The number of likely N-dealkylation sites (tertiary alicyclic amines) is 1. The Morgan fingerprint density at radius 2 is 1.93 bits per heavy atom. The Labute approximate surface area is 168 Å². The molecule has 2 aliphatic heterocycles. The monoisotopic (exact) mass is 399 g/mol. The van der Waals surface area contributed by atoms with Crippen LogP contribution in [-0.2, 0) is 9.53 Å². The Kier molecular flexibility index (Phi) is 4.53. The number of carbonyl (C=O) groups excluding carboxylic acids is 1. The first kappa shape index (κ1) is 18.5. The van der Waals surface area contributed by atoms with Gasteiger partial charge in [0.1, 0.15) is 0 Å². The summed E-state index contributed by atoms with van der Waals surface area (Å²) in [5, 5.41) is 14.1. The van der Waals surface area contributed by atoms with Gasteiger partial charge in [-0.05, 0) is 51.0 Å². The fraction of sp³-hybridized carbons (Fsp3) is 0.619. The minimum atomic E-state index is -0.777. The van der Waals surface area contributed by atoms with Gasteiger partial charge < -0.3 is 19.3 Å². The van der Waals surface area contributed by atoms with Crippen molar-refractivity contribution in [3.63, 3.8) is 0 Å². The van der Waals surface area contributed by atoms with Crippen LogP contribution in [0.1, 0.15) is 59.8 Å². The molecule has 2 atom stereocenters. The maximum atomic E-state index is 13.4. The molecule has 29 heavy (non-hydrogen) atoms. The summed E-state index contributed by atoms with van der Waals surface area (Å²) < 4.78 is 11.1. The zero-order valence-corrected chi connectivity index (χ0v) is 16.5. The number of carboxylic acid groups (broad SMARTS) is 1. The van der Waals surface area contributed by atoms with Crippen LogP contribution in [0.15, 0.2) is 10.6 Å². The molecule has 3 fully saturated rings. The molecule has 4 heterocycles. The number of aromatic nitrogens is 2. The zero-order chi connectivity index (χ0) is 20.1. The van der Waals surface area contributed by atoms with Crippen LogP contribution >= 0.6 is 0 Å². The van der Waals surface area contributed by atoms with Gasteiger partial charge in [-0.3, -0.25) is 9.59 Å². The molecule has 3 aliphatic rings. The minimum absolute atomic E-state index is 0.0221. The second-order valence-electron chi connectivity index (χ2n) is 8.52. The Hall–Kier alpha value is -2.48. The second-order valence-corrected chi connectivity index (χ2v) is 8.52. The zero-order valence-electron chi connectivity index (χ0n) is 16.5. The number of carboxylic acids is 1. The first-order chi connectivity index (χ1) is 14.0. The molecule has 0 aromatic carbocycles. The summed E-state index contributed by atoms with van der Waals surface area (Å²) in [7, 11) is 0. The smallest absolute Gasteiger partial charge is 0.309 e. The van der Waals surface area contributed by atoms with Gasteiger partial charge >= 0.3 is 5.97 Å². The summed E-state index contributed by atoms with van der Waals surface area (Å²) >= 11 is 0. The average Bonchev–Trinajstić information content (AvgIpc) is 3.34. The number of pyridine rings is 1. The first-order valence-corrected chi connectivity index (χ1v) is 10.4. The van der Waals surface area contributed by atoms with E-state index < -0.39 is 11.9 Å². The normalized spacial score (nSPS) is 25.6. The third-order valence-electron chi connectivity index (χ3n) is 6.61. The van der Waals surface area contributed by atoms with Crippen LogP contribution in [0.3, 0.4) is 0 Å². The van der Waals surface area contributed by atoms with E-state index in [1.807, 2.05) is 17.9 Å². The Morgan fingerprint density at radius 3 is 2.62 bits per heavy atom. The quantitative estimate of drug-likeness (QED) is 0.842. The minimum Gasteiger partial charge on any atom is -0.481 e. The third kappa shape index (κ3) is 3.29. The molecule has 1 unspecified atom stereocenters. The van der Waals surface area contributed by atoms with E-state index in [0.717, 1.165) is 31.4 Å². The molecule has 1 saturated carbocycles. The molecule has 5 rings (SSSR count). The predicted molar refractivity (Wildman–Crippen MR) is 103 cm³/mol. The lowest BCUT2D eigenvalue weighted by Gasteiger charge is -2.35. The van der Waals surface area contributed by atoms with Gasteiger partial charge in [0.25, 0.3) is 11.6 Å². The van der Waals surface area contributed by atoms with Crippen LogP contribution in [0.2, 0.25) is 0 Å². The van der Waals surface area contributed by atoms with Crippen molar-refractivity contribution < 1.29 is 24.0 Å². The summed E-state index contributed by atoms with van der Waals surface area (Å²) in [5.74, 6) is -0.635. The fourth-order valence-corrected chi connectivity index (χ4v) is 4.81. The number of rotatable bonds is 4. The number of carbonyl (C=O) groups is 2. The lowest BCUT2D eigenvalue weighted by molar-refractivity contribution is -0.145. The molecule has 8 heteroatoms. The van der Waals surface area contributed by atoms with Crippen molar-refractivity contribution in [3.8, 4) is 0 Å². The van der Waals surface area contributed by atoms with E-state index in [1.54, 1.807) is 0 Å². The molecule has 2 aromatic heterocycles. The van der Waals surface area contributed by atoms with E-state index in [0.29, 0.717) is 54.4 Å². The summed E-state index contributed by atoms with van der Waals surface area (Å²) in [6.07, 6.45) is 4.04. The molecule has 0 radical (unpaired) electrons. The number of fused-ring (bicyclic) bond motifs is 1.